The van der Waals surface area contributed by atoms with Gasteiger partial charge in [-0.2, -0.15) is 0 Å². The van der Waals surface area contributed by atoms with E-state index in [0.717, 1.165) is 22.5 Å². The van der Waals surface area contributed by atoms with Gasteiger partial charge < -0.3 is 14.8 Å². The fraction of sp³-hybridized carbons (Fsp3) is 0.200. The first-order valence-electron chi connectivity index (χ1n) is 9.94. The van der Waals surface area contributed by atoms with Gasteiger partial charge in [0.2, 0.25) is 5.69 Å². The van der Waals surface area contributed by atoms with Crippen LogP contribution in [0.25, 0.3) is 12.2 Å². The maximum absolute atomic E-state index is 12.3. The second kappa shape index (κ2) is 10.3. The minimum absolute atomic E-state index is 0.0938. The molecular formula is C25H27N2O3+. The van der Waals surface area contributed by atoms with Crippen molar-refractivity contribution < 1.29 is 18.8 Å². The Kier molecular flexibility index (Phi) is 7.22. The van der Waals surface area contributed by atoms with Crippen LogP contribution in [0.3, 0.4) is 0 Å². The van der Waals surface area contributed by atoms with Gasteiger partial charge in [0.05, 0.1) is 6.61 Å². The average Bonchev–Trinajstić information content (AvgIpc) is 2.74. The fourth-order valence-corrected chi connectivity index (χ4v) is 2.95. The molecule has 3 rings (SSSR count). The van der Waals surface area contributed by atoms with Crippen LogP contribution < -0.4 is 19.4 Å². The summed E-state index contributed by atoms with van der Waals surface area (Å²) < 4.78 is 13.5. The third kappa shape index (κ3) is 5.70. The number of hydrogen-bond acceptors (Lipinski definition) is 3. The van der Waals surface area contributed by atoms with E-state index in [2.05, 4.69) is 5.32 Å². The van der Waals surface area contributed by atoms with E-state index in [9.17, 15) is 4.79 Å². The Labute approximate surface area is 177 Å². The zero-order valence-electron chi connectivity index (χ0n) is 17.6. The Bertz CT molecular complexity index is 1040. The van der Waals surface area contributed by atoms with Gasteiger partial charge in [-0.3, -0.25) is 4.79 Å². The van der Waals surface area contributed by atoms with Crippen LogP contribution >= 0.6 is 0 Å². The van der Waals surface area contributed by atoms with E-state index in [1.165, 1.54) is 0 Å². The average molecular weight is 404 g/mol. The first-order chi connectivity index (χ1) is 14.6. The lowest BCUT2D eigenvalue weighted by Gasteiger charge is -2.13. The number of para-hydroxylation sites is 1. The van der Waals surface area contributed by atoms with Crippen molar-refractivity contribution >= 4 is 23.7 Å². The maximum atomic E-state index is 12.3. The van der Waals surface area contributed by atoms with Crippen LogP contribution in [-0.4, -0.2) is 19.1 Å². The van der Waals surface area contributed by atoms with Crippen molar-refractivity contribution in [1.29, 1.82) is 0 Å². The van der Waals surface area contributed by atoms with Crippen molar-refractivity contribution in [1.82, 2.24) is 0 Å². The minimum Gasteiger partial charge on any atom is -0.490 e. The third-order valence-corrected chi connectivity index (χ3v) is 4.59. The van der Waals surface area contributed by atoms with E-state index in [-0.39, 0.29) is 12.5 Å². The predicted octanol–water partition coefficient (Wildman–Crippen LogP) is 4.41. The van der Waals surface area contributed by atoms with Crippen molar-refractivity contribution in [3.63, 3.8) is 0 Å². The molecule has 0 atom stereocenters. The molecule has 0 aliphatic heterocycles. The molecule has 1 aromatic heterocycles. The second-order valence-electron chi connectivity index (χ2n) is 6.86. The lowest BCUT2D eigenvalue weighted by atomic mass is 10.1. The standard InChI is InChI=1S/C25H26N2O3/c1-4-29-24-17-20(12-14-21-10-7-8-16-27(21)3)13-15-23(24)30-18-25(28)26-22-11-6-5-9-19(22)2/h5-17H,4,18H2,1-3H3/p+1/b14-12+. The number of carbonyl (C=O) groups excluding carboxylic acids is 1. The fourth-order valence-electron chi connectivity index (χ4n) is 2.95. The third-order valence-electron chi connectivity index (χ3n) is 4.59. The topological polar surface area (TPSA) is 51.4 Å². The molecule has 1 amide bonds. The molecule has 0 spiro atoms. The highest BCUT2D eigenvalue weighted by molar-refractivity contribution is 5.92. The van der Waals surface area contributed by atoms with E-state index < -0.39 is 0 Å². The maximum Gasteiger partial charge on any atom is 0.262 e. The van der Waals surface area contributed by atoms with E-state index in [1.807, 2.05) is 104 Å². The predicted molar refractivity (Wildman–Crippen MR) is 119 cm³/mol. The zero-order valence-corrected chi connectivity index (χ0v) is 17.6. The first-order valence-corrected chi connectivity index (χ1v) is 9.94. The summed E-state index contributed by atoms with van der Waals surface area (Å²) in [5.41, 5.74) is 3.86. The normalized spacial score (nSPS) is 10.8. The van der Waals surface area contributed by atoms with Crippen LogP contribution in [0.4, 0.5) is 5.69 Å². The molecule has 0 bridgehead atoms. The van der Waals surface area contributed by atoms with Gasteiger partial charge in [-0.25, -0.2) is 4.57 Å². The highest BCUT2D eigenvalue weighted by Gasteiger charge is 2.10. The number of aromatic nitrogens is 1. The zero-order chi connectivity index (χ0) is 21.3. The summed E-state index contributed by atoms with van der Waals surface area (Å²) in [5.74, 6) is 0.937. The number of rotatable bonds is 8. The summed E-state index contributed by atoms with van der Waals surface area (Å²) in [4.78, 5) is 12.3. The van der Waals surface area contributed by atoms with Crippen molar-refractivity contribution in [3.05, 3.63) is 83.7 Å². The molecule has 3 aromatic rings. The number of pyridine rings is 1. The number of nitrogens with one attached hydrogen (secondary N) is 1. The molecule has 0 unspecified atom stereocenters. The van der Waals surface area contributed by atoms with Gasteiger partial charge >= 0.3 is 0 Å². The summed E-state index contributed by atoms with van der Waals surface area (Å²) in [6.45, 7) is 4.28. The van der Waals surface area contributed by atoms with Crippen LogP contribution in [0, 0.1) is 6.92 Å². The molecule has 0 radical (unpaired) electrons. The van der Waals surface area contributed by atoms with Crippen molar-refractivity contribution in [2.24, 2.45) is 7.05 Å². The summed E-state index contributed by atoms with van der Waals surface area (Å²) in [6.07, 6.45) is 6.07. The highest BCUT2D eigenvalue weighted by Crippen LogP contribution is 2.29. The molecule has 5 nitrogen and oxygen atoms in total. The van der Waals surface area contributed by atoms with Crippen molar-refractivity contribution in [3.8, 4) is 11.5 Å². The number of benzene rings is 2. The number of amides is 1. The van der Waals surface area contributed by atoms with Crippen molar-refractivity contribution in [2.75, 3.05) is 18.5 Å². The van der Waals surface area contributed by atoms with Crippen LogP contribution in [0.15, 0.2) is 66.9 Å². The summed E-state index contributed by atoms with van der Waals surface area (Å²) in [5, 5.41) is 2.87. The Balaban J connectivity index is 1.68. The van der Waals surface area contributed by atoms with Crippen LogP contribution in [0.5, 0.6) is 11.5 Å². The molecule has 154 valence electrons. The Morgan fingerprint density at radius 3 is 2.57 bits per heavy atom. The lowest BCUT2D eigenvalue weighted by Crippen LogP contribution is -2.30. The van der Waals surface area contributed by atoms with Gasteiger partial charge in [0, 0.05) is 23.9 Å². The van der Waals surface area contributed by atoms with Gasteiger partial charge in [-0.05, 0) is 55.3 Å². The SMILES string of the molecule is CCOc1cc(/C=C/c2cccc[n+]2C)ccc1OCC(=O)Nc1ccccc1C. The molecule has 0 fully saturated rings. The molecule has 0 saturated heterocycles. The first kappa shape index (κ1) is 21.1. The number of anilines is 1. The van der Waals surface area contributed by atoms with E-state index in [0.29, 0.717) is 18.1 Å². The Hall–Kier alpha value is -3.60. The molecule has 30 heavy (non-hydrogen) atoms. The smallest absolute Gasteiger partial charge is 0.262 e. The summed E-state index contributed by atoms with van der Waals surface area (Å²) in [7, 11) is 2.00. The molecular weight excluding hydrogens is 376 g/mol. The molecule has 2 aromatic carbocycles. The number of ether oxygens (including phenoxy) is 2. The summed E-state index contributed by atoms with van der Waals surface area (Å²) in [6, 6.07) is 19.4. The molecule has 5 heteroatoms. The van der Waals surface area contributed by atoms with E-state index >= 15 is 0 Å². The van der Waals surface area contributed by atoms with Gasteiger partial charge in [0.1, 0.15) is 7.05 Å². The largest absolute Gasteiger partial charge is 0.490 e. The van der Waals surface area contributed by atoms with Crippen molar-refractivity contribution in [2.45, 2.75) is 13.8 Å². The van der Waals surface area contributed by atoms with Gasteiger partial charge in [-0.15, -0.1) is 0 Å². The van der Waals surface area contributed by atoms with E-state index in [4.69, 9.17) is 9.47 Å². The number of hydrogen-bond donors (Lipinski definition) is 1. The number of nitrogens with zero attached hydrogens (tertiary/aromatic N) is 1. The van der Waals surface area contributed by atoms with Crippen LogP contribution in [0.2, 0.25) is 0 Å². The summed E-state index contributed by atoms with van der Waals surface area (Å²) >= 11 is 0. The van der Waals surface area contributed by atoms with Gasteiger partial charge in [0.25, 0.3) is 5.91 Å². The highest BCUT2D eigenvalue weighted by atomic mass is 16.5. The number of aryl methyl sites for hydroxylation is 2. The molecule has 1 N–H and O–H groups in total. The van der Waals surface area contributed by atoms with Gasteiger partial charge in [0.15, 0.2) is 24.3 Å². The minimum atomic E-state index is -0.215. The Morgan fingerprint density at radius 1 is 1.00 bits per heavy atom. The number of carbonyl (C=O) groups is 1. The molecule has 1 heterocycles. The monoisotopic (exact) mass is 403 g/mol. The van der Waals surface area contributed by atoms with Crippen LogP contribution in [-0.2, 0) is 11.8 Å². The van der Waals surface area contributed by atoms with E-state index in [1.54, 1.807) is 0 Å². The second-order valence-corrected chi connectivity index (χ2v) is 6.86. The molecule has 0 saturated carbocycles. The lowest BCUT2D eigenvalue weighted by molar-refractivity contribution is -0.673. The molecule has 0 aliphatic rings. The quantitative estimate of drug-likeness (QED) is 0.567. The van der Waals surface area contributed by atoms with Crippen LogP contribution in [0.1, 0.15) is 23.7 Å². The Morgan fingerprint density at radius 2 is 1.80 bits per heavy atom. The van der Waals surface area contributed by atoms with Gasteiger partial charge in [-0.1, -0.05) is 24.3 Å². The molecule has 0 aliphatic carbocycles.